The summed E-state index contributed by atoms with van der Waals surface area (Å²) >= 11 is 0. The smallest absolute Gasteiger partial charge is 0.255 e. The number of aryl methyl sites for hydroxylation is 1. The number of aromatic nitrogens is 2. The van der Waals surface area contributed by atoms with E-state index in [-0.39, 0.29) is 5.91 Å². The minimum atomic E-state index is -0.206. The lowest BCUT2D eigenvalue weighted by Crippen LogP contribution is -2.24. The summed E-state index contributed by atoms with van der Waals surface area (Å²) in [7, 11) is 3.18. The molecule has 1 amide bonds. The van der Waals surface area contributed by atoms with E-state index >= 15 is 0 Å². The number of nitrogens with one attached hydrogen (secondary N) is 2. The van der Waals surface area contributed by atoms with Crippen LogP contribution in [0.25, 0.3) is 10.9 Å². The summed E-state index contributed by atoms with van der Waals surface area (Å²) in [5, 5.41) is 7.00. The van der Waals surface area contributed by atoms with Crippen molar-refractivity contribution in [2.45, 2.75) is 13.5 Å². The second-order valence-electron chi connectivity index (χ2n) is 8.85. The maximum atomic E-state index is 12.9. The van der Waals surface area contributed by atoms with Crippen LogP contribution in [0.1, 0.15) is 21.5 Å². The summed E-state index contributed by atoms with van der Waals surface area (Å²) in [5.74, 6) is 2.73. The highest BCUT2D eigenvalue weighted by molar-refractivity contribution is 5.99. The molecule has 2 aromatic heterocycles. The van der Waals surface area contributed by atoms with Gasteiger partial charge in [-0.1, -0.05) is 29.8 Å². The molecule has 0 spiro atoms. The molecular formula is C31H28N4O4. The molecule has 3 aromatic carbocycles. The van der Waals surface area contributed by atoms with Crippen LogP contribution in [0.4, 0.5) is 11.5 Å². The highest BCUT2D eigenvalue weighted by atomic mass is 16.5. The Labute approximate surface area is 226 Å². The first-order chi connectivity index (χ1) is 19.0. The van der Waals surface area contributed by atoms with E-state index in [1.54, 1.807) is 44.8 Å². The highest BCUT2D eigenvalue weighted by Crippen LogP contribution is 2.37. The van der Waals surface area contributed by atoms with Crippen LogP contribution in [0.3, 0.4) is 0 Å². The molecule has 39 heavy (non-hydrogen) atoms. The normalized spacial score (nSPS) is 10.6. The van der Waals surface area contributed by atoms with E-state index in [0.717, 1.165) is 22.2 Å². The van der Waals surface area contributed by atoms with Crippen molar-refractivity contribution >= 4 is 28.3 Å². The van der Waals surface area contributed by atoms with Crippen molar-refractivity contribution in [1.29, 1.82) is 0 Å². The predicted octanol–water partition coefficient (Wildman–Crippen LogP) is 6.42. The van der Waals surface area contributed by atoms with Crippen LogP contribution in [-0.2, 0) is 6.54 Å². The average molecular weight is 521 g/mol. The van der Waals surface area contributed by atoms with E-state index in [9.17, 15) is 4.79 Å². The number of nitrogens with zero attached hydrogens (tertiary/aromatic N) is 2. The molecular weight excluding hydrogens is 492 g/mol. The molecule has 196 valence electrons. The molecule has 8 heteroatoms. The first kappa shape index (κ1) is 25.5. The third-order valence-corrected chi connectivity index (χ3v) is 6.18. The maximum absolute atomic E-state index is 12.9. The van der Waals surface area contributed by atoms with Crippen LogP contribution in [-0.4, -0.2) is 30.1 Å². The van der Waals surface area contributed by atoms with Crippen LogP contribution in [0, 0.1) is 6.92 Å². The molecule has 0 radical (unpaired) electrons. The standard InChI is InChI=1S/C31H28N4O4/c1-20-6-8-21(9-7-20)19-34-31(36)24-5-4-15-33-30(24)35-22-10-12-23(13-11-22)39-27-14-16-32-26-18-29(38-3)28(37-2)17-25(26)27/h4-18H,19H2,1-3H3,(H,33,35)(H,34,36). The quantitative estimate of drug-likeness (QED) is 0.232. The van der Waals surface area contributed by atoms with E-state index in [4.69, 9.17) is 14.2 Å². The number of hydrogen-bond acceptors (Lipinski definition) is 7. The molecule has 0 fully saturated rings. The van der Waals surface area contributed by atoms with Gasteiger partial charge < -0.3 is 24.8 Å². The van der Waals surface area contributed by atoms with Crippen LogP contribution < -0.4 is 24.8 Å². The van der Waals surface area contributed by atoms with E-state index in [0.29, 0.717) is 40.9 Å². The van der Waals surface area contributed by atoms with E-state index in [1.807, 2.05) is 67.6 Å². The van der Waals surface area contributed by atoms with Crippen LogP contribution in [0.15, 0.2) is 91.3 Å². The fourth-order valence-corrected chi connectivity index (χ4v) is 4.08. The number of methoxy groups -OCH3 is 2. The predicted molar refractivity (Wildman–Crippen MR) is 151 cm³/mol. The average Bonchev–Trinajstić information content (AvgIpc) is 2.97. The van der Waals surface area contributed by atoms with Gasteiger partial charge in [-0.25, -0.2) is 4.98 Å². The molecule has 0 saturated carbocycles. The summed E-state index contributed by atoms with van der Waals surface area (Å²) in [6.07, 6.45) is 3.33. The van der Waals surface area contributed by atoms with Crippen LogP contribution >= 0.6 is 0 Å². The molecule has 8 nitrogen and oxygen atoms in total. The van der Waals surface area contributed by atoms with Gasteiger partial charge in [-0.15, -0.1) is 0 Å². The fourth-order valence-electron chi connectivity index (χ4n) is 4.08. The van der Waals surface area contributed by atoms with Crippen molar-refractivity contribution in [2.75, 3.05) is 19.5 Å². The molecule has 0 saturated heterocycles. The monoisotopic (exact) mass is 520 g/mol. The number of anilines is 2. The largest absolute Gasteiger partial charge is 0.493 e. The van der Waals surface area contributed by atoms with Crippen molar-refractivity contribution in [3.63, 3.8) is 0 Å². The molecule has 0 bridgehead atoms. The number of benzene rings is 3. The number of fused-ring (bicyclic) bond motifs is 1. The summed E-state index contributed by atoms with van der Waals surface area (Å²) in [6.45, 7) is 2.46. The second kappa shape index (κ2) is 11.5. The Morgan fingerprint density at radius 1 is 0.821 bits per heavy atom. The third kappa shape index (κ3) is 5.91. The van der Waals surface area contributed by atoms with E-state index < -0.39 is 0 Å². The van der Waals surface area contributed by atoms with Gasteiger partial charge in [0, 0.05) is 36.1 Å². The lowest BCUT2D eigenvalue weighted by molar-refractivity contribution is 0.0951. The van der Waals surface area contributed by atoms with Gasteiger partial charge in [-0.2, -0.15) is 0 Å². The van der Waals surface area contributed by atoms with Crippen LogP contribution in [0.5, 0.6) is 23.0 Å². The van der Waals surface area contributed by atoms with Crippen molar-refractivity contribution < 1.29 is 19.0 Å². The number of carbonyl (C=O) groups is 1. The second-order valence-corrected chi connectivity index (χ2v) is 8.85. The first-order valence-corrected chi connectivity index (χ1v) is 12.4. The summed E-state index contributed by atoms with van der Waals surface area (Å²) in [4.78, 5) is 21.7. The molecule has 0 unspecified atom stereocenters. The zero-order valence-electron chi connectivity index (χ0n) is 21.9. The van der Waals surface area contributed by atoms with Crippen LogP contribution in [0.2, 0.25) is 0 Å². The number of carbonyl (C=O) groups excluding carboxylic acids is 1. The third-order valence-electron chi connectivity index (χ3n) is 6.18. The Hall–Kier alpha value is -5.11. The van der Waals surface area contributed by atoms with Crippen molar-refractivity contribution in [3.05, 3.63) is 108 Å². The number of rotatable bonds is 9. The van der Waals surface area contributed by atoms with Gasteiger partial charge in [0.15, 0.2) is 11.5 Å². The molecule has 0 atom stereocenters. The van der Waals surface area contributed by atoms with Gasteiger partial charge in [0.2, 0.25) is 0 Å². The van der Waals surface area contributed by atoms with E-state index in [1.165, 1.54) is 5.56 Å². The lowest BCUT2D eigenvalue weighted by atomic mass is 10.1. The first-order valence-electron chi connectivity index (χ1n) is 12.4. The molecule has 5 aromatic rings. The Kier molecular flexibility index (Phi) is 7.54. The van der Waals surface area contributed by atoms with E-state index in [2.05, 4.69) is 20.6 Å². The number of hydrogen-bond donors (Lipinski definition) is 2. The minimum Gasteiger partial charge on any atom is -0.493 e. The minimum absolute atomic E-state index is 0.206. The maximum Gasteiger partial charge on any atom is 0.255 e. The van der Waals surface area contributed by atoms with Gasteiger partial charge in [0.25, 0.3) is 5.91 Å². The lowest BCUT2D eigenvalue weighted by Gasteiger charge is -2.13. The zero-order chi connectivity index (χ0) is 27.2. The topological polar surface area (TPSA) is 94.6 Å². The summed E-state index contributed by atoms with van der Waals surface area (Å²) < 4.78 is 17.0. The Morgan fingerprint density at radius 3 is 2.31 bits per heavy atom. The molecule has 0 aliphatic heterocycles. The van der Waals surface area contributed by atoms with Gasteiger partial charge in [-0.05, 0) is 61.0 Å². The fraction of sp³-hybridized carbons (Fsp3) is 0.129. The van der Waals surface area contributed by atoms with Crippen molar-refractivity contribution in [2.24, 2.45) is 0 Å². The van der Waals surface area contributed by atoms with Gasteiger partial charge in [0.1, 0.15) is 17.3 Å². The Morgan fingerprint density at radius 2 is 1.56 bits per heavy atom. The summed E-state index contributed by atoms with van der Waals surface area (Å²) in [6, 6.07) is 24.4. The zero-order valence-corrected chi connectivity index (χ0v) is 21.9. The Balaban J connectivity index is 1.29. The number of ether oxygens (including phenoxy) is 3. The number of amides is 1. The van der Waals surface area contributed by atoms with Crippen molar-refractivity contribution in [1.82, 2.24) is 15.3 Å². The highest BCUT2D eigenvalue weighted by Gasteiger charge is 2.14. The van der Waals surface area contributed by atoms with Gasteiger partial charge in [-0.3, -0.25) is 9.78 Å². The van der Waals surface area contributed by atoms with Gasteiger partial charge in [0.05, 0.1) is 25.3 Å². The Bertz CT molecular complexity index is 1600. The molecule has 2 N–H and O–H groups in total. The molecule has 5 rings (SSSR count). The number of pyridine rings is 2. The van der Waals surface area contributed by atoms with Gasteiger partial charge >= 0.3 is 0 Å². The molecule has 0 aliphatic rings. The SMILES string of the molecule is COc1cc2nccc(Oc3ccc(Nc4ncccc4C(=O)NCc4ccc(C)cc4)cc3)c2cc1OC. The molecule has 0 aliphatic carbocycles. The molecule has 2 heterocycles. The van der Waals surface area contributed by atoms with Crippen molar-refractivity contribution in [3.8, 4) is 23.0 Å². The summed E-state index contributed by atoms with van der Waals surface area (Å²) in [5.41, 5.74) is 4.15.